The Morgan fingerprint density at radius 1 is 1.43 bits per heavy atom. The molecule has 2 aliphatic carbocycles. The van der Waals surface area contributed by atoms with E-state index in [-0.39, 0.29) is 17.9 Å². The molecule has 0 aliphatic heterocycles. The molecule has 0 heterocycles. The second-order valence-electron chi connectivity index (χ2n) is 6.01. The van der Waals surface area contributed by atoms with E-state index in [1.807, 2.05) is 6.07 Å². The Bertz CT molecular complexity index is 562. The van der Waals surface area contributed by atoms with Gasteiger partial charge < -0.3 is 14.6 Å². The first-order valence-electron chi connectivity index (χ1n) is 7.30. The summed E-state index contributed by atoms with van der Waals surface area (Å²) in [6.45, 7) is 0. The molecule has 0 unspecified atom stereocenters. The minimum atomic E-state index is -0.791. The molecule has 5 heteroatoms. The van der Waals surface area contributed by atoms with Gasteiger partial charge in [-0.2, -0.15) is 0 Å². The van der Waals surface area contributed by atoms with Crippen molar-refractivity contribution in [3.8, 4) is 11.5 Å². The van der Waals surface area contributed by atoms with Crippen LogP contribution >= 0.6 is 11.6 Å². The van der Waals surface area contributed by atoms with Crippen molar-refractivity contribution in [2.24, 2.45) is 0 Å². The van der Waals surface area contributed by atoms with Crippen LogP contribution < -0.4 is 9.47 Å². The highest BCUT2D eigenvalue weighted by atomic mass is 35.5. The normalized spacial score (nSPS) is 19.7. The summed E-state index contributed by atoms with van der Waals surface area (Å²) in [4.78, 5) is 11.2. The van der Waals surface area contributed by atoms with Gasteiger partial charge in [0.25, 0.3) is 0 Å². The van der Waals surface area contributed by atoms with E-state index < -0.39 is 5.97 Å². The smallest absolute Gasteiger partial charge is 0.304 e. The highest BCUT2D eigenvalue weighted by Gasteiger charge is 2.49. The average Bonchev–Trinajstić information content (AvgIpc) is 3.14. The van der Waals surface area contributed by atoms with Crippen LogP contribution in [0.2, 0.25) is 5.02 Å². The maximum atomic E-state index is 11.2. The number of carbonyl (C=O) groups is 1. The Kier molecular flexibility index (Phi) is 3.74. The van der Waals surface area contributed by atoms with E-state index in [4.69, 9.17) is 21.1 Å². The van der Waals surface area contributed by atoms with Crippen LogP contribution in [-0.4, -0.2) is 24.3 Å². The van der Waals surface area contributed by atoms with Crippen LogP contribution in [0.1, 0.15) is 44.1 Å². The molecule has 0 radical (unpaired) electrons. The van der Waals surface area contributed by atoms with Crippen molar-refractivity contribution in [2.75, 3.05) is 7.11 Å². The van der Waals surface area contributed by atoms with Crippen LogP contribution in [0.5, 0.6) is 11.5 Å². The molecule has 1 aromatic rings. The number of aliphatic carboxylic acids is 1. The van der Waals surface area contributed by atoms with Gasteiger partial charge in [0.05, 0.1) is 19.6 Å². The number of halogens is 1. The van der Waals surface area contributed by atoms with E-state index in [9.17, 15) is 9.90 Å². The average molecular weight is 311 g/mol. The Balaban J connectivity index is 2.00. The summed E-state index contributed by atoms with van der Waals surface area (Å²) >= 11 is 6.17. The third-order valence-electron chi connectivity index (χ3n) is 4.49. The Hall–Kier alpha value is -1.42. The van der Waals surface area contributed by atoms with Crippen molar-refractivity contribution < 1.29 is 19.4 Å². The number of hydrogen-bond donors (Lipinski definition) is 1. The van der Waals surface area contributed by atoms with Crippen LogP contribution in [-0.2, 0) is 10.2 Å². The lowest BCUT2D eigenvalue weighted by Crippen LogP contribution is -2.26. The second kappa shape index (κ2) is 5.41. The number of hydrogen-bond acceptors (Lipinski definition) is 3. The summed E-state index contributed by atoms with van der Waals surface area (Å²) in [6, 6.07) is 3.57. The van der Waals surface area contributed by atoms with Crippen LogP contribution in [0.25, 0.3) is 0 Å². The van der Waals surface area contributed by atoms with Gasteiger partial charge in [-0.3, -0.25) is 4.79 Å². The van der Waals surface area contributed by atoms with Gasteiger partial charge in [-0.05, 0) is 38.2 Å². The summed E-state index contributed by atoms with van der Waals surface area (Å²) in [5, 5.41) is 9.73. The van der Waals surface area contributed by atoms with Crippen LogP contribution in [0, 0.1) is 0 Å². The fourth-order valence-corrected chi connectivity index (χ4v) is 3.08. The monoisotopic (exact) mass is 310 g/mol. The van der Waals surface area contributed by atoms with Crippen LogP contribution in [0.3, 0.4) is 0 Å². The molecule has 0 saturated heterocycles. The minimum absolute atomic E-state index is 0.109. The first kappa shape index (κ1) is 14.5. The van der Waals surface area contributed by atoms with Gasteiger partial charge in [0.15, 0.2) is 11.5 Å². The highest BCUT2D eigenvalue weighted by molar-refractivity contribution is 6.30. The van der Waals surface area contributed by atoms with E-state index in [2.05, 4.69) is 0 Å². The minimum Gasteiger partial charge on any atom is -0.493 e. The molecule has 2 saturated carbocycles. The zero-order valence-electron chi connectivity index (χ0n) is 12.0. The fourth-order valence-electron chi connectivity index (χ4n) is 2.87. The molecule has 21 heavy (non-hydrogen) atoms. The Morgan fingerprint density at radius 3 is 2.62 bits per heavy atom. The number of ether oxygens (including phenoxy) is 2. The Morgan fingerprint density at radius 2 is 2.14 bits per heavy atom. The van der Waals surface area contributed by atoms with Gasteiger partial charge in [0.2, 0.25) is 0 Å². The van der Waals surface area contributed by atoms with E-state index in [0.29, 0.717) is 16.5 Å². The second-order valence-corrected chi connectivity index (χ2v) is 6.44. The standard InChI is InChI=1S/C16H19ClO4/c1-20-13-8-10(17)7-12(15(13)21-11-3-2-4-11)16(5-6-16)9-14(18)19/h7-8,11H,2-6,9H2,1H3,(H,18,19). The summed E-state index contributed by atoms with van der Waals surface area (Å²) in [6.07, 6.45) is 5.27. The third-order valence-corrected chi connectivity index (χ3v) is 4.71. The van der Waals surface area contributed by atoms with E-state index in [1.54, 1.807) is 13.2 Å². The SMILES string of the molecule is COc1cc(Cl)cc(C2(CC(=O)O)CC2)c1OC1CCC1. The molecule has 0 atom stereocenters. The maximum absolute atomic E-state index is 11.2. The van der Waals surface area contributed by atoms with Crippen molar-refractivity contribution in [1.82, 2.24) is 0 Å². The summed E-state index contributed by atoms with van der Waals surface area (Å²) in [5.74, 6) is 0.493. The molecule has 2 fully saturated rings. The van der Waals surface area contributed by atoms with Gasteiger partial charge in [-0.1, -0.05) is 11.6 Å². The molecule has 2 aliphatic rings. The molecule has 0 aromatic heterocycles. The molecule has 114 valence electrons. The molecule has 4 nitrogen and oxygen atoms in total. The van der Waals surface area contributed by atoms with Crippen LogP contribution in [0.15, 0.2) is 12.1 Å². The Labute approximate surface area is 129 Å². The maximum Gasteiger partial charge on any atom is 0.304 e. The summed E-state index contributed by atoms with van der Waals surface area (Å²) < 4.78 is 11.5. The van der Waals surface area contributed by atoms with Gasteiger partial charge in [0.1, 0.15) is 0 Å². The lowest BCUT2D eigenvalue weighted by Gasteiger charge is -2.30. The zero-order valence-corrected chi connectivity index (χ0v) is 12.8. The fraction of sp³-hybridized carbons (Fsp3) is 0.562. The zero-order chi connectivity index (χ0) is 15.0. The van der Waals surface area contributed by atoms with E-state index in [1.165, 1.54) is 6.42 Å². The van der Waals surface area contributed by atoms with Crippen molar-refractivity contribution in [2.45, 2.75) is 50.0 Å². The molecule has 3 rings (SSSR count). The quantitative estimate of drug-likeness (QED) is 0.868. The number of methoxy groups -OCH3 is 1. The third kappa shape index (κ3) is 2.82. The van der Waals surface area contributed by atoms with Crippen molar-refractivity contribution >= 4 is 17.6 Å². The molecule has 1 aromatic carbocycles. The summed E-state index contributed by atoms with van der Waals surface area (Å²) in [5.41, 5.74) is 0.546. The first-order chi connectivity index (χ1) is 10.0. The van der Waals surface area contributed by atoms with Crippen molar-refractivity contribution in [1.29, 1.82) is 0 Å². The number of rotatable bonds is 6. The van der Waals surface area contributed by atoms with Gasteiger partial charge >= 0.3 is 5.97 Å². The first-order valence-corrected chi connectivity index (χ1v) is 7.68. The number of benzene rings is 1. The summed E-state index contributed by atoms with van der Waals surface area (Å²) in [7, 11) is 1.58. The molecule has 0 amide bonds. The van der Waals surface area contributed by atoms with E-state index in [0.717, 1.165) is 31.2 Å². The molecule has 1 N–H and O–H groups in total. The predicted molar refractivity (Wildman–Crippen MR) is 79.4 cm³/mol. The molecule has 0 spiro atoms. The predicted octanol–water partition coefficient (Wildman–Crippen LogP) is 3.79. The van der Waals surface area contributed by atoms with Crippen molar-refractivity contribution in [3.05, 3.63) is 22.7 Å². The van der Waals surface area contributed by atoms with Gasteiger partial charge in [0, 0.05) is 22.1 Å². The van der Waals surface area contributed by atoms with Gasteiger partial charge in [-0.15, -0.1) is 0 Å². The lowest BCUT2D eigenvalue weighted by molar-refractivity contribution is -0.137. The largest absolute Gasteiger partial charge is 0.493 e. The number of carboxylic acids is 1. The van der Waals surface area contributed by atoms with Gasteiger partial charge in [-0.25, -0.2) is 0 Å². The topological polar surface area (TPSA) is 55.8 Å². The van der Waals surface area contributed by atoms with Crippen LogP contribution in [0.4, 0.5) is 0 Å². The van der Waals surface area contributed by atoms with Crippen molar-refractivity contribution in [3.63, 3.8) is 0 Å². The lowest BCUT2D eigenvalue weighted by atomic mass is 9.90. The highest BCUT2D eigenvalue weighted by Crippen LogP contribution is 2.56. The molecular weight excluding hydrogens is 292 g/mol. The molecular formula is C16H19ClO4. The number of carboxylic acid groups (broad SMARTS) is 1. The molecule has 0 bridgehead atoms. The van der Waals surface area contributed by atoms with E-state index >= 15 is 0 Å².